The third kappa shape index (κ3) is 4.31. The van der Waals surface area contributed by atoms with Crippen LogP contribution in [0.1, 0.15) is 24.2 Å². The van der Waals surface area contributed by atoms with E-state index < -0.39 is 9.84 Å². The highest BCUT2D eigenvalue weighted by molar-refractivity contribution is 7.90. The van der Waals surface area contributed by atoms with Crippen LogP contribution in [0.3, 0.4) is 0 Å². The van der Waals surface area contributed by atoms with Gasteiger partial charge < -0.3 is 4.52 Å². The van der Waals surface area contributed by atoms with Gasteiger partial charge in [0.25, 0.3) is 0 Å². The minimum absolute atomic E-state index is 0.0499. The number of benzene rings is 1. The molecule has 106 valence electrons. The summed E-state index contributed by atoms with van der Waals surface area (Å²) in [5, 5.41) is 3.68. The second kappa shape index (κ2) is 6.47. The maximum Gasteiger partial charge on any atom is 0.241 e. The van der Waals surface area contributed by atoms with Crippen LogP contribution in [0.25, 0.3) is 6.08 Å². The topological polar surface area (TPSA) is 73.1 Å². The molecule has 0 unspecified atom stereocenters. The highest BCUT2D eigenvalue weighted by Crippen LogP contribution is 2.07. The van der Waals surface area contributed by atoms with E-state index in [-0.39, 0.29) is 17.4 Å². The van der Waals surface area contributed by atoms with Crippen molar-refractivity contribution < 1.29 is 12.9 Å². The number of sulfone groups is 1. The summed E-state index contributed by atoms with van der Waals surface area (Å²) >= 11 is 0. The molecule has 0 fully saturated rings. The lowest BCUT2D eigenvalue weighted by Gasteiger charge is -1.96. The molecule has 1 aromatic carbocycles. The number of aryl methyl sites for hydroxylation is 1. The van der Waals surface area contributed by atoms with E-state index in [0.717, 1.165) is 5.56 Å². The van der Waals surface area contributed by atoms with Crippen molar-refractivity contribution in [2.45, 2.75) is 19.1 Å². The highest BCUT2D eigenvalue weighted by atomic mass is 32.2. The Labute approximate surface area is 118 Å². The van der Waals surface area contributed by atoms with Gasteiger partial charge in [-0.3, -0.25) is 0 Å². The summed E-state index contributed by atoms with van der Waals surface area (Å²) in [7, 11) is -3.28. The fourth-order valence-corrected chi connectivity index (χ4v) is 2.64. The van der Waals surface area contributed by atoms with Gasteiger partial charge >= 0.3 is 0 Å². The van der Waals surface area contributed by atoms with Gasteiger partial charge in [-0.1, -0.05) is 54.6 Å². The Morgan fingerprint density at radius 3 is 2.65 bits per heavy atom. The maximum atomic E-state index is 11.9. The van der Waals surface area contributed by atoms with Gasteiger partial charge in [0.1, 0.15) is 5.75 Å². The maximum absolute atomic E-state index is 11.9. The van der Waals surface area contributed by atoms with Crippen molar-refractivity contribution in [2.24, 2.45) is 0 Å². The molecule has 5 nitrogen and oxygen atoms in total. The Morgan fingerprint density at radius 1 is 1.25 bits per heavy atom. The molecule has 6 heteroatoms. The van der Waals surface area contributed by atoms with Crippen molar-refractivity contribution in [1.82, 2.24) is 10.1 Å². The molecule has 0 atom stereocenters. The summed E-state index contributed by atoms with van der Waals surface area (Å²) in [6, 6.07) is 9.54. The molecule has 0 spiro atoms. The van der Waals surface area contributed by atoms with Crippen LogP contribution in [-0.2, 0) is 22.0 Å². The van der Waals surface area contributed by atoms with Crippen LogP contribution in [0, 0.1) is 0 Å². The number of nitrogens with zero attached hydrogens (tertiary/aromatic N) is 2. The monoisotopic (exact) mass is 292 g/mol. The van der Waals surface area contributed by atoms with Gasteiger partial charge in [0, 0.05) is 6.42 Å². The minimum Gasteiger partial charge on any atom is -0.338 e. The van der Waals surface area contributed by atoms with Gasteiger partial charge in [-0.25, -0.2) is 8.42 Å². The zero-order valence-corrected chi connectivity index (χ0v) is 12.0. The van der Waals surface area contributed by atoms with E-state index in [1.165, 1.54) is 0 Å². The largest absolute Gasteiger partial charge is 0.338 e. The van der Waals surface area contributed by atoms with E-state index >= 15 is 0 Å². The first-order chi connectivity index (χ1) is 9.59. The lowest BCUT2D eigenvalue weighted by molar-refractivity contribution is 0.383. The zero-order chi connectivity index (χ0) is 14.4. The molecular formula is C14H16N2O3S. The molecule has 0 N–H and O–H groups in total. The molecule has 20 heavy (non-hydrogen) atoms. The van der Waals surface area contributed by atoms with Gasteiger partial charge in [0.15, 0.2) is 15.7 Å². The second-order valence-corrected chi connectivity index (χ2v) is 6.43. The van der Waals surface area contributed by atoms with Crippen molar-refractivity contribution >= 4 is 15.9 Å². The van der Waals surface area contributed by atoms with E-state index in [1.54, 1.807) is 12.2 Å². The van der Waals surface area contributed by atoms with Crippen LogP contribution in [0.4, 0.5) is 0 Å². The summed E-state index contributed by atoms with van der Waals surface area (Å²) in [5.41, 5.74) is 0.966. The second-order valence-electron chi connectivity index (χ2n) is 4.33. The fourth-order valence-electron chi connectivity index (χ4n) is 1.63. The van der Waals surface area contributed by atoms with Gasteiger partial charge in [-0.15, -0.1) is 0 Å². The molecule has 0 bridgehead atoms. The lowest BCUT2D eigenvalue weighted by Crippen LogP contribution is -2.07. The Hall–Kier alpha value is -1.95. The molecule has 0 saturated heterocycles. The zero-order valence-electron chi connectivity index (χ0n) is 11.2. The van der Waals surface area contributed by atoms with E-state index in [4.69, 9.17) is 4.52 Å². The summed E-state index contributed by atoms with van der Waals surface area (Å²) in [6.45, 7) is 1.88. The first-order valence-electron chi connectivity index (χ1n) is 6.32. The third-order valence-electron chi connectivity index (χ3n) is 2.63. The van der Waals surface area contributed by atoms with Crippen LogP contribution >= 0.6 is 0 Å². The Balaban J connectivity index is 1.96. The van der Waals surface area contributed by atoms with Crippen LogP contribution in [-0.4, -0.2) is 24.3 Å². The molecule has 0 aliphatic carbocycles. The lowest BCUT2D eigenvalue weighted by atomic mass is 10.2. The summed E-state index contributed by atoms with van der Waals surface area (Å²) in [5.74, 6) is 0.398. The fraction of sp³-hybridized carbons (Fsp3) is 0.286. The van der Waals surface area contributed by atoms with Crippen molar-refractivity contribution in [3.63, 3.8) is 0 Å². The average Bonchev–Trinajstić information content (AvgIpc) is 2.86. The summed E-state index contributed by atoms with van der Waals surface area (Å²) in [6.07, 6.45) is 4.03. The first-order valence-corrected chi connectivity index (χ1v) is 8.14. The molecule has 0 amide bonds. The third-order valence-corrected chi connectivity index (χ3v) is 4.02. The first kappa shape index (κ1) is 14.5. The van der Waals surface area contributed by atoms with Crippen LogP contribution in [0.15, 0.2) is 40.9 Å². The molecule has 2 aromatic rings. The predicted molar refractivity (Wildman–Crippen MR) is 76.6 cm³/mol. The van der Waals surface area contributed by atoms with Crippen LogP contribution < -0.4 is 0 Å². The standard InChI is InChI=1S/C14H16N2O3S/c1-2-13-15-14(19-16-13)11-20(17,18)10-6-9-12-7-4-3-5-8-12/h3-9H,2,10-11H2,1H3. The van der Waals surface area contributed by atoms with Gasteiger partial charge in [0.2, 0.25) is 5.89 Å². The summed E-state index contributed by atoms with van der Waals surface area (Å²) in [4.78, 5) is 4.00. The molecule has 1 heterocycles. The normalized spacial score (nSPS) is 12.1. The highest BCUT2D eigenvalue weighted by Gasteiger charge is 2.15. The van der Waals surface area contributed by atoms with Gasteiger partial charge in [0.05, 0.1) is 5.75 Å². The predicted octanol–water partition coefficient (Wildman–Crippen LogP) is 2.26. The molecule has 2 rings (SSSR count). The smallest absolute Gasteiger partial charge is 0.241 e. The van der Waals surface area contributed by atoms with E-state index in [9.17, 15) is 8.42 Å². The molecular weight excluding hydrogens is 276 g/mol. The van der Waals surface area contributed by atoms with E-state index in [1.807, 2.05) is 37.3 Å². The Morgan fingerprint density at radius 2 is 2.00 bits per heavy atom. The molecule has 0 saturated carbocycles. The van der Waals surface area contributed by atoms with E-state index in [2.05, 4.69) is 10.1 Å². The summed E-state index contributed by atoms with van der Waals surface area (Å²) < 4.78 is 28.7. The molecule has 1 aromatic heterocycles. The van der Waals surface area contributed by atoms with Crippen molar-refractivity contribution in [3.05, 3.63) is 53.7 Å². The average molecular weight is 292 g/mol. The molecule has 0 aliphatic rings. The van der Waals surface area contributed by atoms with Crippen LogP contribution in [0.5, 0.6) is 0 Å². The minimum atomic E-state index is -3.28. The van der Waals surface area contributed by atoms with Crippen LogP contribution in [0.2, 0.25) is 0 Å². The van der Waals surface area contributed by atoms with Gasteiger partial charge in [-0.05, 0) is 5.56 Å². The Bertz CT molecular complexity index is 675. The Kier molecular flexibility index (Phi) is 4.68. The number of aromatic nitrogens is 2. The number of hydrogen-bond acceptors (Lipinski definition) is 5. The number of rotatable bonds is 6. The van der Waals surface area contributed by atoms with Crippen molar-refractivity contribution in [3.8, 4) is 0 Å². The van der Waals surface area contributed by atoms with Crippen molar-refractivity contribution in [2.75, 3.05) is 5.75 Å². The SMILES string of the molecule is CCc1noc(CS(=O)(=O)CC=Cc2ccccc2)n1. The number of hydrogen-bond donors (Lipinski definition) is 0. The van der Waals surface area contributed by atoms with E-state index in [0.29, 0.717) is 12.2 Å². The van der Waals surface area contributed by atoms with Crippen molar-refractivity contribution in [1.29, 1.82) is 0 Å². The van der Waals surface area contributed by atoms with Gasteiger partial charge in [-0.2, -0.15) is 4.98 Å². The molecule has 0 radical (unpaired) electrons. The quantitative estimate of drug-likeness (QED) is 0.816. The molecule has 0 aliphatic heterocycles.